The van der Waals surface area contributed by atoms with Gasteiger partial charge in [-0.05, 0) is 32.1 Å². The topological polar surface area (TPSA) is 100 Å². The number of amides is 2. The molecule has 0 radical (unpaired) electrons. The number of rotatable bonds is 5. The van der Waals surface area contributed by atoms with E-state index in [0.717, 1.165) is 31.6 Å². The van der Waals surface area contributed by atoms with Crippen molar-refractivity contribution in [3.05, 3.63) is 11.8 Å². The SMILES string of the molecule is CC1(C(=O)N[C@H]2C[C@H]3C(=O)NC[C@@H](Cc4nnc(C5CC5)o4)N3C2)CC1. The van der Waals surface area contributed by atoms with Crippen molar-refractivity contribution in [3.63, 3.8) is 0 Å². The fraction of sp³-hybridized carbons (Fsp3) is 0.778. The summed E-state index contributed by atoms with van der Waals surface area (Å²) in [5, 5.41) is 14.5. The lowest BCUT2D eigenvalue weighted by molar-refractivity contribution is -0.129. The van der Waals surface area contributed by atoms with E-state index >= 15 is 0 Å². The molecule has 26 heavy (non-hydrogen) atoms. The van der Waals surface area contributed by atoms with Gasteiger partial charge in [-0.3, -0.25) is 14.5 Å². The molecule has 2 saturated heterocycles. The van der Waals surface area contributed by atoms with E-state index < -0.39 is 0 Å². The Labute approximate surface area is 152 Å². The summed E-state index contributed by atoms with van der Waals surface area (Å²) in [6.07, 6.45) is 5.49. The lowest BCUT2D eigenvalue weighted by atomic mass is 10.0. The van der Waals surface area contributed by atoms with Crippen LogP contribution in [-0.2, 0) is 16.0 Å². The number of nitrogens with one attached hydrogen (secondary N) is 2. The summed E-state index contributed by atoms with van der Waals surface area (Å²) in [5.74, 6) is 2.03. The Bertz CT molecular complexity index is 739. The van der Waals surface area contributed by atoms with Gasteiger partial charge in [0.25, 0.3) is 0 Å². The predicted octanol–water partition coefficient (Wildman–Crippen LogP) is 0.347. The van der Waals surface area contributed by atoms with Gasteiger partial charge < -0.3 is 15.1 Å². The second-order valence-electron chi connectivity index (χ2n) is 8.59. The van der Waals surface area contributed by atoms with Crippen molar-refractivity contribution in [2.45, 2.75) is 69.5 Å². The van der Waals surface area contributed by atoms with E-state index in [9.17, 15) is 9.59 Å². The molecule has 4 fully saturated rings. The molecule has 1 aromatic heterocycles. The molecule has 4 aliphatic rings. The Morgan fingerprint density at radius 3 is 2.92 bits per heavy atom. The van der Waals surface area contributed by atoms with Gasteiger partial charge in [0, 0.05) is 42.9 Å². The summed E-state index contributed by atoms with van der Waals surface area (Å²) in [6.45, 7) is 3.29. The van der Waals surface area contributed by atoms with Gasteiger partial charge in [0.2, 0.25) is 23.6 Å². The number of nitrogens with zero attached hydrogens (tertiary/aromatic N) is 3. The summed E-state index contributed by atoms with van der Waals surface area (Å²) in [7, 11) is 0. The minimum Gasteiger partial charge on any atom is -0.425 e. The van der Waals surface area contributed by atoms with E-state index in [-0.39, 0.29) is 35.4 Å². The zero-order valence-corrected chi connectivity index (χ0v) is 15.0. The first-order chi connectivity index (χ1) is 12.5. The summed E-state index contributed by atoms with van der Waals surface area (Å²) < 4.78 is 5.80. The van der Waals surface area contributed by atoms with Crippen LogP contribution in [0.15, 0.2) is 4.42 Å². The van der Waals surface area contributed by atoms with Crippen LogP contribution in [0.1, 0.15) is 56.7 Å². The lowest BCUT2D eigenvalue weighted by Gasteiger charge is -2.36. The van der Waals surface area contributed by atoms with E-state index in [2.05, 4.69) is 25.7 Å². The molecule has 2 aliphatic carbocycles. The molecule has 2 amide bonds. The number of hydrogen-bond acceptors (Lipinski definition) is 6. The maximum absolute atomic E-state index is 12.4. The van der Waals surface area contributed by atoms with Gasteiger partial charge in [-0.15, -0.1) is 10.2 Å². The van der Waals surface area contributed by atoms with Crippen LogP contribution in [0.25, 0.3) is 0 Å². The molecule has 0 spiro atoms. The van der Waals surface area contributed by atoms with Crippen molar-refractivity contribution < 1.29 is 14.0 Å². The largest absolute Gasteiger partial charge is 0.425 e. The number of hydrogen-bond donors (Lipinski definition) is 2. The Morgan fingerprint density at radius 2 is 2.19 bits per heavy atom. The third kappa shape index (κ3) is 2.90. The fourth-order valence-electron chi connectivity index (χ4n) is 4.09. The number of piperazine rings is 1. The van der Waals surface area contributed by atoms with Crippen molar-refractivity contribution in [1.82, 2.24) is 25.7 Å². The number of aromatic nitrogens is 2. The number of carbonyl (C=O) groups is 2. The highest BCUT2D eigenvalue weighted by molar-refractivity contribution is 5.86. The van der Waals surface area contributed by atoms with Crippen LogP contribution in [0, 0.1) is 5.41 Å². The van der Waals surface area contributed by atoms with Gasteiger partial charge in [0.05, 0.1) is 6.04 Å². The average molecular weight is 359 g/mol. The molecule has 1 aromatic rings. The summed E-state index contributed by atoms with van der Waals surface area (Å²) in [6, 6.07) is -0.0264. The molecule has 2 aliphatic heterocycles. The molecule has 3 heterocycles. The first kappa shape index (κ1) is 16.2. The molecule has 2 saturated carbocycles. The minimum absolute atomic E-state index is 0.0287. The smallest absolute Gasteiger partial charge is 0.237 e. The third-order valence-corrected chi connectivity index (χ3v) is 6.33. The molecule has 0 aromatic carbocycles. The van der Waals surface area contributed by atoms with Crippen molar-refractivity contribution in [1.29, 1.82) is 0 Å². The second kappa shape index (κ2) is 5.77. The van der Waals surface area contributed by atoms with Crippen molar-refractivity contribution in [2.24, 2.45) is 5.41 Å². The Hall–Kier alpha value is -1.96. The highest BCUT2D eigenvalue weighted by atomic mass is 16.4. The Balaban J connectivity index is 1.25. The predicted molar refractivity (Wildman–Crippen MR) is 91.2 cm³/mol. The van der Waals surface area contributed by atoms with Crippen LogP contribution in [0.4, 0.5) is 0 Å². The van der Waals surface area contributed by atoms with Crippen LogP contribution < -0.4 is 10.6 Å². The Kier molecular flexibility index (Phi) is 3.60. The minimum atomic E-state index is -0.187. The lowest BCUT2D eigenvalue weighted by Crippen LogP contribution is -2.58. The molecule has 3 atom stereocenters. The molecule has 8 nitrogen and oxygen atoms in total. The molecular weight excluding hydrogens is 334 g/mol. The standard InChI is InChI=1S/C18H25N5O3/c1-18(4-5-18)17(25)20-11-6-13-15(24)19-8-12(23(13)9-11)7-14-21-22-16(26-14)10-2-3-10/h10-13H,2-9H2,1H3,(H,19,24)(H,20,25)/t11-,12+,13-/m0/s1. The van der Waals surface area contributed by atoms with Gasteiger partial charge in [0.15, 0.2) is 0 Å². The normalized spacial score (nSPS) is 32.8. The van der Waals surface area contributed by atoms with Crippen molar-refractivity contribution in [2.75, 3.05) is 13.1 Å². The molecule has 2 N–H and O–H groups in total. The van der Waals surface area contributed by atoms with Gasteiger partial charge in [-0.1, -0.05) is 6.92 Å². The maximum Gasteiger partial charge on any atom is 0.237 e. The van der Waals surface area contributed by atoms with E-state index in [1.807, 2.05) is 6.92 Å². The zero-order chi connectivity index (χ0) is 17.9. The molecular formula is C18H25N5O3. The average Bonchev–Trinajstić information content (AvgIpc) is 3.51. The number of carbonyl (C=O) groups excluding carboxylic acids is 2. The zero-order valence-electron chi connectivity index (χ0n) is 15.0. The van der Waals surface area contributed by atoms with Gasteiger partial charge >= 0.3 is 0 Å². The summed E-state index contributed by atoms with van der Waals surface area (Å²) >= 11 is 0. The molecule has 8 heteroatoms. The van der Waals surface area contributed by atoms with Crippen LogP contribution >= 0.6 is 0 Å². The van der Waals surface area contributed by atoms with Crippen molar-refractivity contribution in [3.8, 4) is 0 Å². The maximum atomic E-state index is 12.4. The molecule has 140 valence electrons. The third-order valence-electron chi connectivity index (χ3n) is 6.33. The highest BCUT2D eigenvalue weighted by Gasteiger charge is 2.48. The quantitative estimate of drug-likeness (QED) is 0.787. The first-order valence-corrected chi connectivity index (χ1v) is 9.68. The summed E-state index contributed by atoms with van der Waals surface area (Å²) in [5.41, 5.74) is -0.187. The van der Waals surface area contributed by atoms with Crippen LogP contribution in [0.3, 0.4) is 0 Å². The second-order valence-corrected chi connectivity index (χ2v) is 8.59. The van der Waals surface area contributed by atoms with E-state index in [1.54, 1.807) is 0 Å². The first-order valence-electron chi connectivity index (χ1n) is 9.68. The van der Waals surface area contributed by atoms with Crippen LogP contribution in [0.2, 0.25) is 0 Å². The van der Waals surface area contributed by atoms with Gasteiger partial charge in [-0.25, -0.2) is 0 Å². The van der Waals surface area contributed by atoms with E-state index in [0.29, 0.717) is 37.7 Å². The van der Waals surface area contributed by atoms with Gasteiger partial charge in [0.1, 0.15) is 0 Å². The van der Waals surface area contributed by atoms with Crippen molar-refractivity contribution >= 4 is 11.8 Å². The van der Waals surface area contributed by atoms with Crippen LogP contribution in [-0.4, -0.2) is 58.1 Å². The monoisotopic (exact) mass is 359 g/mol. The molecule has 0 unspecified atom stereocenters. The Morgan fingerprint density at radius 1 is 1.38 bits per heavy atom. The fourth-order valence-corrected chi connectivity index (χ4v) is 4.09. The molecule has 5 rings (SSSR count). The van der Waals surface area contributed by atoms with Crippen LogP contribution in [0.5, 0.6) is 0 Å². The molecule has 0 bridgehead atoms. The van der Waals surface area contributed by atoms with E-state index in [1.165, 1.54) is 0 Å². The van der Waals surface area contributed by atoms with E-state index in [4.69, 9.17) is 4.42 Å². The summed E-state index contributed by atoms with van der Waals surface area (Å²) in [4.78, 5) is 26.9. The highest BCUT2D eigenvalue weighted by Crippen LogP contribution is 2.45. The van der Waals surface area contributed by atoms with Gasteiger partial charge in [-0.2, -0.15) is 0 Å². The number of fused-ring (bicyclic) bond motifs is 1.